The van der Waals surface area contributed by atoms with Crippen molar-refractivity contribution in [3.05, 3.63) is 72.6 Å². The summed E-state index contributed by atoms with van der Waals surface area (Å²) in [5, 5.41) is 8.87. The third kappa shape index (κ3) is 4.96. The van der Waals surface area contributed by atoms with Crippen LogP contribution < -0.4 is 15.4 Å². The van der Waals surface area contributed by atoms with E-state index in [2.05, 4.69) is 38.8 Å². The molecule has 5 heteroatoms. The Bertz CT molecular complexity index is 844. The van der Waals surface area contributed by atoms with Gasteiger partial charge in [0, 0.05) is 37.3 Å². The molecular formula is C21H24N4O. The van der Waals surface area contributed by atoms with Gasteiger partial charge in [0.15, 0.2) is 5.96 Å². The minimum Gasteiger partial charge on any atom is -0.491 e. The van der Waals surface area contributed by atoms with E-state index >= 15 is 0 Å². The summed E-state index contributed by atoms with van der Waals surface area (Å²) in [5.74, 6) is 1.67. The molecule has 3 aromatic rings. The number of benzene rings is 2. The normalized spacial score (nSPS) is 11.3. The molecule has 0 aliphatic rings. The predicted octanol–water partition coefficient (Wildman–Crippen LogP) is 3.02. The lowest BCUT2D eigenvalue weighted by Gasteiger charge is -2.13. The van der Waals surface area contributed by atoms with E-state index in [1.54, 1.807) is 7.05 Å². The van der Waals surface area contributed by atoms with Crippen LogP contribution in [0.2, 0.25) is 0 Å². The van der Waals surface area contributed by atoms with Crippen LogP contribution in [0.4, 0.5) is 0 Å². The summed E-state index contributed by atoms with van der Waals surface area (Å²) in [6.07, 6.45) is 2.67. The Morgan fingerprint density at radius 2 is 1.77 bits per heavy atom. The van der Waals surface area contributed by atoms with Crippen LogP contribution in [-0.2, 0) is 6.42 Å². The number of nitrogens with zero attached hydrogens (tertiary/aromatic N) is 2. The molecule has 1 heterocycles. The smallest absolute Gasteiger partial charge is 0.191 e. The summed E-state index contributed by atoms with van der Waals surface area (Å²) < 4.78 is 5.93. The van der Waals surface area contributed by atoms with Gasteiger partial charge in [-0.15, -0.1) is 0 Å². The molecule has 2 aromatic carbocycles. The molecule has 0 spiro atoms. The highest BCUT2D eigenvalue weighted by Crippen LogP contribution is 2.24. The van der Waals surface area contributed by atoms with Crippen LogP contribution in [0.15, 0.2) is 71.9 Å². The van der Waals surface area contributed by atoms with E-state index in [4.69, 9.17) is 4.74 Å². The number of ether oxygens (including phenoxy) is 1. The van der Waals surface area contributed by atoms with E-state index in [1.807, 2.05) is 48.7 Å². The molecule has 0 bridgehead atoms. The van der Waals surface area contributed by atoms with Crippen molar-refractivity contribution in [2.45, 2.75) is 6.42 Å². The average molecular weight is 348 g/mol. The molecule has 0 saturated heterocycles. The second kappa shape index (κ2) is 9.42. The lowest BCUT2D eigenvalue weighted by molar-refractivity contribution is 0.325. The first-order valence-corrected chi connectivity index (χ1v) is 8.82. The minimum atomic E-state index is 0.564. The topological polar surface area (TPSA) is 58.5 Å². The van der Waals surface area contributed by atoms with Crippen LogP contribution in [0.25, 0.3) is 10.8 Å². The maximum atomic E-state index is 5.93. The van der Waals surface area contributed by atoms with Crippen LogP contribution in [-0.4, -0.2) is 37.7 Å². The van der Waals surface area contributed by atoms with Crippen LogP contribution in [0.3, 0.4) is 0 Å². The Balaban J connectivity index is 1.41. The molecule has 2 N–H and O–H groups in total. The van der Waals surface area contributed by atoms with Gasteiger partial charge in [0.1, 0.15) is 12.4 Å². The van der Waals surface area contributed by atoms with E-state index in [1.165, 1.54) is 5.39 Å². The highest BCUT2D eigenvalue weighted by atomic mass is 16.5. The van der Waals surface area contributed by atoms with Gasteiger partial charge in [-0.25, -0.2) is 0 Å². The summed E-state index contributed by atoms with van der Waals surface area (Å²) >= 11 is 0. The fraction of sp³-hybridized carbons (Fsp3) is 0.238. The molecule has 3 rings (SSSR count). The van der Waals surface area contributed by atoms with Gasteiger partial charge in [0.25, 0.3) is 0 Å². The maximum absolute atomic E-state index is 5.93. The molecule has 134 valence electrons. The number of pyridine rings is 1. The third-order valence-electron chi connectivity index (χ3n) is 4.03. The molecule has 0 unspecified atom stereocenters. The van der Waals surface area contributed by atoms with Crippen LogP contribution in [0.5, 0.6) is 5.75 Å². The number of guanidine groups is 1. The standard InChI is InChI=1S/C21H24N4O/c1-22-21(24-14-12-18-9-4-5-13-23-18)25-15-16-26-20-11-6-8-17-7-2-3-10-19(17)20/h2-11,13H,12,14-16H2,1H3,(H2,22,24,25). The van der Waals surface area contributed by atoms with Gasteiger partial charge in [-0.1, -0.05) is 42.5 Å². The van der Waals surface area contributed by atoms with Gasteiger partial charge in [-0.3, -0.25) is 9.98 Å². The van der Waals surface area contributed by atoms with Crippen molar-refractivity contribution in [2.75, 3.05) is 26.7 Å². The first-order valence-electron chi connectivity index (χ1n) is 8.82. The van der Waals surface area contributed by atoms with Crippen molar-refractivity contribution in [1.82, 2.24) is 15.6 Å². The number of aliphatic imine (C=N–C) groups is 1. The third-order valence-corrected chi connectivity index (χ3v) is 4.03. The molecule has 0 aliphatic heterocycles. The number of hydrogen-bond acceptors (Lipinski definition) is 3. The summed E-state index contributed by atoms with van der Waals surface area (Å²) in [6.45, 7) is 2.02. The minimum absolute atomic E-state index is 0.564. The van der Waals surface area contributed by atoms with Crippen molar-refractivity contribution >= 4 is 16.7 Å². The van der Waals surface area contributed by atoms with Crippen molar-refractivity contribution in [3.8, 4) is 5.75 Å². The first-order chi connectivity index (χ1) is 12.9. The van der Waals surface area contributed by atoms with E-state index < -0.39 is 0 Å². The van der Waals surface area contributed by atoms with Crippen LogP contribution in [0.1, 0.15) is 5.69 Å². The SMILES string of the molecule is CN=C(NCCOc1cccc2ccccc12)NCCc1ccccn1. The van der Waals surface area contributed by atoms with Crippen LogP contribution in [0, 0.1) is 0 Å². The van der Waals surface area contributed by atoms with Gasteiger partial charge in [-0.2, -0.15) is 0 Å². The van der Waals surface area contributed by atoms with Gasteiger partial charge >= 0.3 is 0 Å². The Kier molecular flexibility index (Phi) is 6.42. The van der Waals surface area contributed by atoms with Gasteiger partial charge in [0.2, 0.25) is 0 Å². The summed E-state index contributed by atoms with van der Waals surface area (Å²) in [4.78, 5) is 8.55. The Labute approximate surface area is 154 Å². The zero-order valence-electron chi connectivity index (χ0n) is 15.0. The average Bonchev–Trinajstić information content (AvgIpc) is 2.70. The predicted molar refractivity (Wildman–Crippen MR) is 107 cm³/mol. The molecule has 0 atom stereocenters. The fourth-order valence-electron chi connectivity index (χ4n) is 2.73. The van der Waals surface area contributed by atoms with Crippen molar-refractivity contribution in [2.24, 2.45) is 4.99 Å². The molecule has 1 aromatic heterocycles. The Morgan fingerprint density at radius 3 is 2.62 bits per heavy atom. The Morgan fingerprint density at radius 1 is 0.962 bits per heavy atom. The number of fused-ring (bicyclic) bond motifs is 1. The molecule has 0 fully saturated rings. The van der Waals surface area contributed by atoms with Crippen molar-refractivity contribution < 1.29 is 4.74 Å². The Hall–Kier alpha value is -3.08. The van der Waals surface area contributed by atoms with E-state index in [0.717, 1.165) is 35.8 Å². The second-order valence-electron chi connectivity index (χ2n) is 5.82. The van der Waals surface area contributed by atoms with E-state index in [9.17, 15) is 0 Å². The largest absolute Gasteiger partial charge is 0.491 e. The lowest BCUT2D eigenvalue weighted by Crippen LogP contribution is -2.40. The molecule has 0 aliphatic carbocycles. The molecule has 0 amide bonds. The highest BCUT2D eigenvalue weighted by molar-refractivity contribution is 5.88. The molecule has 26 heavy (non-hydrogen) atoms. The maximum Gasteiger partial charge on any atom is 0.191 e. The number of aromatic nitrogens is 1. The number of nitrogens with one attached hydrogen (secondary N) is 2. The van der Waals surface area contributed by atoms with Gasteiger partial charge in [-0.05, 0) is 23.6 Å². The van der Waals surface area contributed by atoms with E-state index in [0.29, 0.717) is 13.2 Å². The zero-order valence-corrected chi connectivity index (χ0v) is 15.0. The zero-order chi connectivity index (χ0) is 18.0. The summed E-state index contributed by atoms with van der Waals surface area (Å²) in [5.41, 5.74) is 1.06. The van der Waals surface area contributed by atoms with Crippen LogP contribution >= 0.6 is 0 Å². The molecular weight excluding hydrogens is 324 g/mol. The van der Waals surface area contributed by atoms with Gasteiger partial charge in [0.05, 0.1) is 6.54 Å². The lowest BCUT2D eigenvalue weighted by atomic mass is 10.1. The van der Waals surface area contributed by atoms with Gasteiger partial charge < -0.3 is 15.4 Å². The van der Waals surface area contributed by atoms with Crippen molar-refractivity contribution in [3.63, 3.8) is 0 Å². The molecule has 0 saturated carbocycles. The number of hydrogen-bond donors (Lipinski definition) is 2. The summed E-state index contributed by atoms with van der Waals surface area (Å²) in [6, 6.07) is 20.3. The second-order valence-corrected chi connectivity index (χ2v) is 5.82. The molecule has 0 radical (unpaired) electrons. The molecule has 5 nitrogen and oxygen atoms in total. The van der Waals surface area contributed by atoms with Crippen molar-refractivity contribution in [1.29, 1.82) is 0 Å². The highest BCUT2D eigenvalue weighted by Gasteiger charge is 2.02. The van der Waals surface area contributed by atoms with E-state index in [-0.39, 0.29) is 0 Å². The fourth-order valence-corrected chi connectivity index (χ4v) is 2.73. The summed E-state index contributed by atoms with van der Waals surface area (Å²) in [7, 11) is 1.77. The quantitative estimate of drug-likeness (QED) is 0.391. The number of rotatable bonds is 7. The first kappa shape index (κ1) is 17.7. The monoisotopic (exact) mass is 348 g/mol.